The summed E-state index contributed by atoms with van der Waals surface area (Å²) in [5, 5.41) is 0. The molecule has 0 radical (unpaired) electrons. The molecule has 122 valence electrons. The first-order valence-corrected chi connectivity index (χ1v) is 9.46. The highest BCUT2D eigenvalue weighted by Crippen LogP contribution is 2.63. The number of aromatic nitrogens is 1. The smallest absolute Gasteiger partial charge is 0.218 e. The highest BCUT2D eigenvalue weighted by Gasteiger charge is 2.53. The average molecular weight is 324 g/mol. The van der Waals surface area contributed by atoms with Crippen LogP contribution in [0.3, 0.4) is 0 Å². The van der Waals surface area contributed by atoms with Gasteiger partial charge in [-0.25, -0.2) is 18.1 Å². The zero-order valence-corrected chi connectivity index (χ0v) is 14.3. The molecule has 1 N–H and O–H groups in total. The van der Waals surface area contributed by atoms with Crippen molar-refractivity contribution in [2.75, 3.05) is 12.9 Å². The number of rotatable bonds is 6. The zero-order valence-electron chi connectivity index (χ0n) is 13.5. The van der Waals surface area contributed by atoms with Crippen molar-refractivity contribution in [3.63, 3.8) is 0 Å². The van der Waals surface area contributed by atoms with Crippen LogP contribution in [-0.2, 0) is 16.6 Å². The summed E-state index contributed by atoms with van der Waals surface area (Å²) in [7, 11) is -1.69. The molecule has 2 fully saturated rings. The fourth-order valence-electron chi connectivity index (χ4n) is 3.63. The minimum atomic E-state index is -3.25. The van der Waals surface area contributed by atoms with Crippen LogP contribution in [-0.4, -0.2) is 26.3 Å². The quantitative estimate of drug-likeness (QED) is 0.872. The lowest BCUT2D eigenvalue weighted by atomic mass is 9.73. The van der Waals surface area contributed by atoms with Crippen molar-refractivity contribution in [3.8, 4) is 5.88 Å². The Morgan fingerprint density at radius 1 is 1.36 bits per heavy atom. The Morgan fingerprint density at radius 2 is 2.05 bits per heavy atom. The normalized spacial score (nSPS) is 20.0. The van der Waals surface area contributed by atoms with Crippen LogP contribution in [0.15, 0.2) is 6.07 Å². The van der Waals surface area contributed by atoms with Gasteiger partial charge in [0.25, 0.3) is 0 Å². The van der Waals surface area contributed by atoms with Crippen LogP contribution < -0.4 is 9.46 Å². The van der Waals surface area contributed by atoms with Gasteiger partial charge in [-0.3, -0.25) is 0 Å². The fourth-order valence-corrected chi connectivity index (χ4v) is 4.97. The molecule has 0 atom stereocenters. The monoisotopic (exact) mass is 324 g/mol. The molecule has 0 aliphatic heterocycles. The van der Waals surface area contributed by atoms with Gasteiger partial charge in [-0.05, 0) is 62.5 Å². The van der Waals surface area contributed by atoms with E-state index >= 15 is 0 Å². The van der Waals surface area contributed by atoms with Gasteiger partial charge in [0.05, 0.1) is 12.9 Å². The molecule has 2 saturated carbocycles. The first-order chi connectivity index (χ1) is 10.3. The van der Waals surface area contributed by atoms with E-state index in [1.807, 2.05) is 19.9 Å². The summed E-state index contributed by atoms with van der Waals surface area (Å²) >= 11 is 0. The summed E-state index contributed by atoms with van der Waals surface area (Å²) in [6.07, 6.45) is 4.76. The van der Waals surface area contributed by atoms with Crippen LogP contribution in [0.1, 0.15) is 42.5 Å². The van der Waals surface area contributed by atoms with E-state index in [1.165, 1.54) is 12.8 Å². The highest BCUT2D eigenvalue weighted by molar-refractivity contribution is 7.89. The molecule has 0 bridgehead atoms. The molecule has 0 saturated heterocycles. The van der Waals surface area contributed by atoms with E-state index in [-0.39, 0.29) is 12.3 Å². The molecule has 1 aromatic rings. The van der Waals surface area contributed by atoms with Gasteiger partial charge in [0.2, 0.25) is 15.9 Å². The number of sulfonamides is 1. The molecule has 3 rings (SSSR count). The van der Waals surface area contributed by atoms with Gasteiger partial charge in [0.1, 0.15) is 0 Å². The largest absolute Gasteiger partial charge is 0.481 e. The lowest BCUT2D eigenvalue weighted by molar-refractivity contribution is 0.189. The number of hydrogen-bond donors (Lipinski definition) is 1. The lowest BCUT2D eigenvalue weighted by Gasteiger charge is -2.35. The summed E-state index contributed by atoms with van der Waals surface area (Å²) in [5.41, 5.74) is 3.21. The second-order valence-electron chi connectivity index (χ2n) is 6.95. The predicted octanol–water partition coefficient (Wildman–Crippen LogP) is 2.32. The van der Waals surface area contributed by atoms with Gasteiger partial charge in [-0.1, -0.05) is 0 Å². The Morgan fingerprint density at radius 3 is 2.64 bits per heavy atom. The van der Waals surface area contributed by atoms with Crippen molar-refractivity contribution in [2.24, 2.45) is 11.3 Å². The van der Waals surface area contributed by atoms with E-state index < -0.39 is 10.0 Å². The number of pyridine rings is 1. The molecular formula is C16H24N2O3S. The number of nitrogens with zero attached hydrogens (tertiary/aromatic N) is 1. The molecule has 5 nitrogen and oxygen atoms in total. The van der Waals surface area contributed by atoms with E-state index in [0.717, 1.165) is 29.7 Å². The van der Waals surface area contributed by atoms with E-state index in [9.17, 15) is 8.42 Å². The minimum absolute atomic E-state index is 0.239. The van der Waals surface area contributed by atoms with Crippen LogP contribution >= 0.6 is 0 Å². The van der Waals surface area contributed by atoms with Gasteiger partial charge in [0, 0.05) is 17.8 Å². The van der Waals surface area contributed by atoms with Crippen molar-refractivity contribution in [2.45, 2.75) is 46.1 Å². The number of aryl methyl sites for hydroxylation is 2. The fraction of sp³-hybridized carbons (Fsp3) is 0.688. The van der Waals surface area contributed by atoms with Gasteiger partial charge in [-0.15, -0.1) is 0 Å². The Hall–Kier alpha value is -1.14. The topological polar surface area (TPSA) is 68.3 Å². The summed E-state index contributed by atoms with van der Waals surface area (Å²) in [5.74, 6) is 1.08. The molecule has 1 spiro atoms. The maximum absolute atomic E-state index is 12.2. The summed E-state index contributed by atoms with van der Waals surface area (Å²) in [6.45, 7) is 4.08. The molecule has 2 aliphatic rings. The Balaban J connectivity index is 1.61. The van der Waals surface area contributed by atoms with Crippen LogP contribution in [0.5, 0.6) is 5.88 Å². The van der Waals surface area contributed by atoms with E-state index in [1.54, 1.807) is 7.11 Å². The van der Waals surface area contributed by atoms with Crippen LogP contribution in [0.4, 0.5) is 0 Å². The summed E-state index contributed by atoms with van der Waals surface area (Å²) < 4.78 is 32.5. The lowest BCUT2D eigenvalue weighted by Crippen LogP contribution is -2.36. The van der Waals surface area contributed by atoms with Gasteiger partial charge in [-0.2, -0.15) is 0 Å². The van der Waals surface area contributed by atoms with Crippen LogP contribution in [0.2, 0.25) is 0 Å². The molecule has 2 aliphatic carbocycles. The van der Waals surface area contributed by atoms with E-state index in [4.69, 9.17) is 4.74 Å². The highest BCUT2D eigenvalue weighted by atomic mass is 32.2. The molecular weight excluding hydrogens is 300 g/mol. The van der Waals surface area contributed by atoms with Crippen molar-refractivity contribution in [1.82, 2.24) is 9.71 Å². The first-order valence-electron chi connectivity index (χ1n) is 7.81. The number of hydrogen-bond acceptors (Lipinski definition) is 4. The minimum Gasteiger partial charge on any atom is -0.481 e. The summed E-state index contributed by atoms with van der Waals surface area (Å²) in [4.78, 5) is 4.31. The van der Waals surface area contributed by atoms with Crippen molar-refractivity contribution in [3.05, 3.63) is 22.9 Å². The van der Waals surface area contributed by atoms with E-state index in [0.29, 0.717) is 17.2 Å². The number of nitrogens with one attached hydrogen (secondary N) is 1. The Bertz CT molecular complexity index is 673. The molecule has 1 heterocycles. The van der Waals surface area contributed by atoms with Gasteiger partial charge in [0.15, 0.2) is 0 Å². The van der Waals surface area contributed by atoms with Gasteiger partial charge >= 0.3 is 0 Å². The van der Waals surface area contributed by atoms with E-state index in [2.05, 4.69) is 9.71 Å². The first kappa shape index (κ1) is 15.7. The van der Waals surface area contributed by atoms with Crippen molar-refractivity contribution >= 4 is 10.0 Å². The average Bonchev–Trinajstić information content (AvgIpc) is 3.16. The third-order valence-corrected chi connectivity index (χ3v) is 6.45. The number of ether oxygens (including phenoxy) is 1. The Kier molecular flexibility index (Phi) is 3.93. The molecule has 1 aromatic heterocycles. The Labute approximate surface area is 132 Å². The standard InChI is InChI=1S/C16H24N2O3S/c1-11-6-12(2)18-15(21-3)14(11)9-17-22(19,20)10-13-7-16(8-13)4-5-16/h6,13,17H,4-5,7-10H2,1-3H3. The number of methoxy groups -OCH3 is 1. The third kappa shape index (κ3) is 3.27. The predicted molar refractivity (Wildman–Crippen MR) is 85.3 cm³/mol. The zero-order chi connectivity index (χ0) is 16.0. The van der Waals surface area contributed by atoms with Crippen molar-refractivity contribution in [1.29, 1.82) is 0 Å². The molecule has 0 amide bonds. The van der Waals surface area contributed by atoms with Crippen LogP contribution in [0, 0.1) is 25.2 Å². The molecule has 6 heteroatoms. The van der Waals surface area contributed by atoms with Crippen molar-refractivity contribution < 1.29 is 13.2 Å². The molecule has 0 unspecified atom stereocenters. The maximum atomic E-state index is 12.2. The second-order valence-corrected chi connectivity index (χ2v) is 8.80. The SMILES string of the molecule is COc1nc(C)cc(C)c1CNS(=O)(=O)CC1CC2(CC2)C1. The maximum Gasteiger partial charge on any atom is 0.218 e. The van der Waals surface area contributed by atoms with Crippen LogP contribution in [0.25, 0.3) is 0 Å². The summed E-state index contributed by atoms with van der Waals surface area (Å²) in [6, 6.07) is 1.94. The molecule has 22 heavy (non-hydrogen) atoms. The third-order valence-electron chi connectivity index (χ3n) is 4.96. The molecule has 0 aromatic carbocycles. The second kappa shape index (κ2) is 5.49. The van der Waals surface area contributed by atoms with Gasteiger partial charge < -0.3 is 4.74 Å².